The van der Waals surface area contributed by atoms with E-state index in [0.29, 0.717) is 29.2 Å². The second-order valence-corrected chi connectivity index (χ2v) is 5.04. The van der Waals surface area contributed by atoms with Crippen molar-refractivity contribution in [3.05, 3.63) is 51.6 Å². The molecular weight excluding hydrogens is 328 g/mol. The summed E-state index contributed by atoms with van der Waals surface area (Å²) in [6.07, 6.45) is 0.565. The van der Waals surface area contributed by atoms with Crippen LogP contribution in [0, 0.1) is 10.1 Å². The van der Waals surface area contributed by atoms with Crippen molar-refractivity contribution in [3.63, 3.8) is 0 Å². The van der Waals surface area contributed by atoms with E-state index in [0.717, 1.165) is 5.56 Å². The summed E-state index contributed by atoms with van der Waals surface area (Å²) < 4.78 is 15.8. The largest absolute Gasteiger partial charge is 0.493 e. The van der Waals surface area contributed by atoms with Gasteiger partial charge in [-0.3, -0.25) is 14.9 Å². The van der Waals surface area contributed by atoms with Gasteiger partial charge in [0.1, 0.15) is 12.0 Å². The maximum absolute atomic E-state index is 11.2. The van der Waals surface area contributed by atoms with E-state index in [1.54, 1.807) is 12.1 Å². The minimum Gasteiger partial charge on any atom is -0.493 e. The average Bonchev–Trinajstić information content (AvgIpc) is 2.64. The molecule has 0 aliphatic carbocycles. The van der Waals surface area contributed by atoms with Gasteiger partial charge in [-0.2, -0.15) is 0 Å². The number of hydrogen-bond acceptors (Lipinski definition) is 7. The van der Waals surface area contributed by atoms with Crippen molar-refractivity contribution in [2.75, 3.05) is 26.6 Å². The van der Waals surface area contributed by atoms with Gasteiger partial charge in [0, 0.05) is 18.2 Å². The fourth-order valence-electron chi connectivity index (χ4n) is 2.36. The van der Waals surface area contributed by atoms with Gasteiger partial charge >= 0.3 is 0 Å². The number of ether oxygens (including phenoxy) is 3. The molecule has 0 atom stereocenters. The highest BCUT2D eigenvalue weighted by atomic mass is 16.6. The summed E-state index contributed by atoms with van der Waals surface area (Å²) in [5, 5.41) is 14.2. The van der Waals surface area contributed by atoms with Crippen molar-refractivity contribution < 1.29 is 23.9 Å². The minimum absolute atomic E-state index is 0.169. The van der Waals surface area contributed by atoms with E-state index in [1.165, 1.54) is 39.5 Å². The molecule has 1 N–H and O–H groups in total. The van der Waals surface area contributed by atoms with Crippen LogP contribution in [0.5, 0.6) is 17.2 Å². The van der Waals surface area contributed by atoms with Crippen LogP contribution in [0.3, 0.4) is 0 Å². The molecule has 0 saturated carbocycles. The molecule has 0 aliphatic rings. The minimum atomic E-state index is -0.537. The lowest BCUT2D eigenvalue weighted by molar-refractivity contribution is -0.384. The number of hydrogen-bond donors (Lipinski definition) is 1. The van der Waals surface area contributed by atoms with E-state index < -0.39 is 4.92 Å². The lowest BCUT2D eigenvalue weighted by atomic mass is 10.1. The molecule has 0 bridgehead atoms. The first-order valence-electron chi connectivity index (χ1n) is 7.30. The van der Waals surface area contributed by atoms with E-state index in [1.807, 2.05) is 0 Å². The second kappa shape index (κ2) is 8.00. The molecule has 2 rings (SSSR count). The first kappa shape index (κ1) is 18.1. The maximum Gasteiger partial charge on any atom is 0.293 e. The SMILES string of the molecule is COc1cc(CNc2ccc(C=O)cc2[N+](=O)[O-])cc(OC)c1OC. The van der Waals surface area contributed by atoms with Gasteiger partial charge in [0.05, 0.1) is 26.3 Å². The van der Waals surface area contributed by atoms with Gasteiger partial charge in [-0.25, -0.2) is 0 Å². The highest BCUT2D eigenvalue weighted by molar-refractivity contribution is 5.79. The second-order valence-electron chi connectivity index (χ2n) is 5.04. The average molecular weight is 346 g/mol. The zero-order chi connectivity index (χ0) is 18.4. The summed E-state index contributed by atoms with van der Waals surface area (Å²) in [7, 11) is 4.53. The van der Waals surface area contributed by atoms with E-state index in [-0.39, 0.29) is 17.8 Å². The van der Waals surface area contributed by atoms with Gasteiger partial charge in [0.2, 0.25) is 5.75 Å². The molecule has 0 aliphatic heterocycles. The van der Waals surface area contributed by atoms with Crippen molar-refractivity contribution in [1.82, 2.24) is 0 Å². The number of aldehydes is 1. The van der Waals surface area contributed by atoms with Gasteiger partial charge in [-0.1, -0.05) is 0 Å². The molecule has 0 saturated heterocycles. The lowest BCUT2D eigenvalue weighted by Gasteiger charge is -2.15. The highest BCUT2D eigenvalue weighted by Gasteiger charge is 2.16. The van der Waals surface area contributed by atoms with Crippen LogP contribution >= 0.6 is 0 Å². The maximum atomic E-state index is 11.2. The molecule has 0 spiro atoms. The Labute approximate surface area is 144 Å². The van der Waals surface area contributed by atoms with Crippen LogP contribution in [0.15, 0.2) is 30.3 Å². The fraction of sp³-hybridized carbons (Fsp3) is 0.235. The molecule has 132 valence electrons. The smallest absolute Gasteiger partial charge is 0.293 e. The van der Waals surface area contributed by atoms with Gasteiger partial charge in [0.15, 0.2) is 11.5 Å². The predicted molar refractivity (Wildman–Crippen MR) is 91.9 cm³/mol. The van der Waals surface area contributed by atoms with Gasteiger partial charge in [-0.15, -0.1) is 0 Å². The Hall–Kier alpha value is -3.29. The lowest BCUT2D eigenvalue weighted by Crippen LogP contribution is -2.04. The first-order valence-corrected chi connectivity index (χ1v) is 7.30. The van der Waals surface area contributed by atoms with Crippen molar-refractivity contribution in [2.24, 2.45) is 0 Å². The highest BCUT2D eigenvalue weighted by Crippen LogP contribution is 2.38. The van der Waals surface area contributed by atoms with Crippen molar-refractivity contribution in [2.45, 2.75) is 6.54 Å². The quantitative estimate of drug-likeness (QED) is 0.445. The number of carbonyl (C=O) groups is 1. The Bertz CT molecular complexity index is 766. The van der Waals surface area contributed by atoms with Crippen LogP contribution in [0.2, 0.25) is 0 Å². The number of anilines is 1. The van der Waals surface area contributed by atoms with Crippen LogP contribution in [-0.4, -0.2) is 32.5 Å². The Morgan fingerprint density at radius 1 is 1.08 bits per heavy atom. The van der Waals surface area contributed by atoms with Crippen molar-refractivity contribution in [1.29, 1.82) is 0 Å². The van der Waals surface area contributed by atoms with Crippen LogP contribution < -0.4 is 19.5 Å². The fourth-order valence-corrected chi connectivity index (χ4v) is 2.36. The standard InChI is InChI=1S/C17H18N2O6/c1-23-15-7-12(8-16(24-2)17(15)25-3)9-18-13-5-4-11(10-20)6-14(13)19(21)22/h4-8,10,18H,9H2,1-3H3. The number of nitrogens with one attached hydrogen (secondary N) is 1. The molecule has 8 heteroatoms. The van der Waals surface area contributed by atoms with E-state index in [4.69, 9.17) is 14.2 Å². The molecule has 0 radical (unpaired) electrons. The summed E-state index contributed by atoms with van der Waals surface area (Å²) in [6, 6.07) is 7.74. The number of nitro benzene ring substituents is 1. The Kier molecular flexibility index (Phi) is 5.78. The summed E-state index contributed by atoms with van der Waals surface area (Å²) in [5.41, 5.74) is 1.16. The summed E-state index contributed by atoms with van der Waals surface area (Å²) >= 11 is 0. The van der Waals surface area contributed by atoms with Crippen molar-refractivity contribution in [3.8, 4) is 17.2 Å². The Morgan fingerprint density at radius 2 is 1.72 bits per heavy atom. The number of methoxy groups -OCH3 is 3. The van der Waals surface area contributed by atoms with Gasteiger partial charge < -0.3 is 19.5 Å². The molecule has 2 aromatic carbocycles. The zero-order valence-corrected chi connectivity index (χ0v) is 14.1. The third kappa shape index (κ3) is 3.97. The number of nitrogens with zero attached hydrogens (tertiary/aromatic N) is 1. The zero-order valence-electron chi connectivity index (χ0n) is 14.1. The molecule has 0 heterocycles. The summed E-state index contributed by atoms with van der Waals surface area (Å²) in [5.74, 6) is 1.45. The van der Waals surface area contributed by atoms with Gasteiger partial charge in [-0.05, 0) is 29.8 Å². The summed E-state index contributed by atoms with van der Waals surface area (Å²) in [6.45, 7) is 0.290. The molecule has 0 aromatic heterocycles. The first-order chi connectivity index (χ1) is 12.0. The molecule has 8 nitrogen and oxygen atoms in total. The molecular formula is C17H18N2O6. The van der Waals surface area contributed by atoms with Crippen molar-refractivity contribution >= 4 is 17.7 Å². The molecule has 0 unspecified atom stereocenters. The van der Waals surface area contributed by atoms with E-state index in [2.05, 4.69) is 5.32 Å². The molecule has 0 fully saturated rings. The van der Waals surface area contributed by atoms with Crippen LogP contribution in [0.1, 0.15) is 15.9 Å². The summed E-state index contributed by atoms with van der Waals surface area (Å²) in [4.78, 5) is 21.4. The van der Waals surface area contributed by atoms with Crippen LogP contribution in [0.4, 0.5) is 11.4 Å². The normalized spacial score (nSPS) is 10.0. The van der Waals surface area contributed by atoms with Gasteiger partial charge in [0.25, 0.3) is 5.69 Å². The molecule has 2 aromatic rings. The number of carbonyl (C=O) groups excluding carboxylic acids is 1. The third-order valence-electron chi connectivity index (χ3n) is 3.56. The molecule has 0 amide bonds. The Morgan fingerprint density at radius 3 is 2.20 bits per heavy atom. The van der Waals surface area contributed by atoms with E-state index in [9.17, 15) is 14.9 Å². The predicted octanol–water partition coefficient (Wildman–Crippen LogP) is 3.05. The topological polar surface area (TPSA) is 99.9 Å². The third-order valence-corrected chi connectivity index (χ3v) is 3.56. The van der Waals surface area contributed by atoms with E-state index >= 15 is 0 Å². The number of benzene rings is 2. The number of rotatable bonds is 8. The monoisotopic (exact) mass is 346 g/mol. The number of nitro groups is 1. The van der Waals surface area contributed by atoms with Crippen LogP contribution in [-0.2, 0) is 6.54 Å². The Balaban J connectivity index is 2.30. The van der Waals surface area contributed by atoms with Crippen LogP contribution in [0.25, 0.3) is 0 Å². The molecule has 25 heavy (non-hydrogen) atoms.